The van der Waals surface area contributed by atoms with Crippen LogP contribution in [-0.2, 0) is 16.1 Å². The van der Waals surface area contributed by atoms with Crippen LogP contribution in [-0.4, -0.2) is 60.3 Å². The number of amides is 2. The number of aliphatic hydroxyl groups is 1. The summed E-state index contributed by atoms with van der Waals surface area (Å²) >= 11 is 0. The lowest BCUT2D eigenvalue weighted by Gasteiger charge is -2.40. The van der Waals surface area contributed by atoms with Crippen LogP contribution in [0.4, 0.5) is 5.69 Å². The number of benzene rings is 2. The van der Waals surface area contributed by atoms with Crippen molar-refractivity contribution in [3.05, 3.63) is 83.7 Å². The molecule has 0 bridgehead atoms. The quantitative estimate of drug-likeness (QED) is 0.513. The van der Waals surface area contributed by atoms with Gasteiger partial charge in [-0.25, -0.2) is 0 Å². The summed E-state index contributed by atoms with van der Waals surface area (Å²) in [6.07, 6.45) is 2.83. The number of nitrogens with one attached hydrogen (secondary N) is 1. The maximum atomic E-state index is 12.7. The number of rotatable bonds is 8. The van der Waals surface area contributed by atoms with Gasteiger partial charge in [0.25, 0.3) is 5.91 Å². The maximum absolute atomic E-state index is 12.7. The van der Waals surface area contributed by atoms with Gasteiger partial charge in [-0.3, -0.25) is 14.6 Å². The third kappa shape index (κ3) is 5.42. The third-order valence-electron chi connectivity index (χ3n) is 5.89. The van der Waals surface area contributed by atoms with E-state index in [4.69, 9.17) is 14.2 Å². The average Bonchev–Trinajstić information content (AvgIpc) is 2.90. The highest BCUT2D eigenvalue weighted by molar-refractivity contribution is 6.04. The number of aliphatic hydroxyl groups excluding tert-OH is 1. The first-order chi connectivity index (χ1) is 17.0. The molecule has 4 rings (SSSR count). The second-order valence-corrected chi connectivity index (χ2v) is 8.00. The molecule has 1 aliphatic rings. The molecule has 1 saturated heterocycles. The normalized spacial score (nSPS) is 17.7. The standard InChI is InChI=1S/C26H27N3O6/c1-33-22-8-5-19(13-23(22)34-2)26(32)28-20-6-3-18(4-7-20)25-21(15-30)29(24(31)16-35-25)14-17-9-11-27-12-10-17/h3-13,21,25,30H,14-16H2,1-2H3,(H,28,32). The van der Waals surface area contributed by atoms with E-state index in [0.717, 1.165) is 11.1 Å². The SMILES string of the molecule is COc1ccc(C(=O)Nc2ccc(C3OCC(=O)N(Cc4ccncc4)C3CO)cc2)cc1OC. The van der Waals surface area contributed by atoms with E-state index in [-0.39, 0.29) is 25.0 Å². The van der Waals surface area contributed by atoms with Crippen LogP contribution in [0, 0.1) is 0 Å². The molecule has 0 saturated carbocycles. The molecule has 9 nitrogen and oxygen atoms in total. The lowest BCUT2D eigenvalue weighted by Crippen LogP contribution is -2.52. The van der Waals surface area contributed by atoms with E-state index in [2.05, 4.69) is 10.3 Å². The van der Waals surface area contributed by atoms with E-state index < -0.39 is 12.1 Å². The molecular weight excluding hydrogens is 450 g/mol. The first-order valence-corrected chi connectivity index (χ1v) is 11.1. The highest BCUT2D eigenvalue weighted by Gasteiger charge is 2.37. The van der Waals surface area contributed by atoms with Gasteiger partial charge in [0.2, 0.25) is 5.91 Å². The average molecular weight is 478 g/mol. The van der Waals surface area contributed by atoms with E-state index in [1.54, 1.807) is 47.6 Å². The summed E-state index contributed by atoms with van der Waals surface area (Å²) in [5.41, 5.74) is 2.73. The first kappa shape index (κ1) is 24.2. The number of nitrogens with zero attached hydrogens (tertiary/aromatic N) is 2. The van der Waals surface area contributed by atoms with Crippen molar-refractivity contribution in [3.8, 4) is 11.5 Å². The number of hydrogen-bond acceptors (Lipinski definition) is 7. The van der Waals surface area contributed by atoms with E-state index in [1.165, 1.54) is 14.2 Å². The van der Waals surface area contributed by atoms with Crippen molar-refractivity contribution in [3.63, 3.8) is 0 Å². The Balaban J connectivity index is 1.47. The summed E-state index contributed by atoms with van der Waals surface area (Å²) < 4.78 is 16.3. The number of anilines is 1. The van der Waals surface area contributed by atoms with Gasteiger partial charge in [0.05, 0.1) is 26.9 Å². The molecule has 0 radical (unpaired) electrons. The molecule has 3 aromatic rings. The second-order valence-electron chi connectivity index (χ2n) is 8.00. The zero-order valence-electron chi connectivity index (χ0n) is 19.5. The summed E-state index contributed by atoms with van der Waals surface area (Å²) in [5, 5.41) is 13.0. The van der Waals surface area contributed by atoms with Gasteiger partial charge in [0, 0.05) is 30.2 Å². The third-order valence-corrected chi connectivity index (χ3v) is 5.89. The van der Waals surface area contributed by atoms with Crippen LogP contribution in [0.15, 0.2) is 67.0 Å². The van der Waals surface area contributed by atoms with Crippen LogP contribution < -0.4 is 14.8 Å². The number of carbonyl (C=O) groups excluding carboxylic acids is 2. The van der Waals surface area contributed by atoms with Gasteiger partial charge in [-0.1, -0.05) is 12.1 Å². The van der Waals surface area contributed by atoms with Gasteiger partial charge in [0.15, 0.2) is 11.5 Å². The molecule has 1 fully saturated rings. The molecule has 2 aromatic carbocycles. The maximum Gasteiger partial charge on any atom is 0.255 e. The first-order valence-electron chi connectivity index (χ1n) is 11.1. The molecule has 35 heavy (non-hydrogen) atoms. The molecule has 182 valence electrons. The zero-order valence-corrected chi connectivity index (χ0v) is 19.5. The molecule has 2 amide bonds. The molecular formula is C26H27N3O6. The molecule has 1 aliphatic heterocycles. The largest absolute Gasteiger partial charge is 0.493 e. The number of morpholine rings is 1. The fourth-order valence-corrected chi connectivity index (χ4v) is 4.04. The lowest BCUT2D eigenvalue weighted by molar-refractivity contribution is -0.162. The minimum Gasteiger partial charge on any atom is -0.493 e. The molecule has 2 heterocycles. The second kappa shape index (κ2) is 11.0. The molecule has 2 atom stereocenters. The number of carbonyl (C=O) groups is 2. The van der Waals surface area contributed by atoms with Crippen molar-refractivity contribution < 1.29 is 28.9 Å². The van der Waals surface area contributed by atoms with E-state index in [9.17, 15) is 14.7 Å². The summed E-state index contributed by atoms with van der Waals surface area (Å²) in [6.45, 7) is 0.0230. The van der Waals surface area contributed by atoms with Gasteiger partial charge < -0.3 is 29.5 Å². The molecule has 1 aromatic heterocycles. The van der Waals surface area contributed by atoms with Crippen molar-refractivity contribution in [1.82, 2.24) is 9.88 Å². The number of hydrogen-bond donors (Lipinski definition) is 2. The lowest BCUT2D eigenvalue weighted by atomic mass is 9.98. The van der Waals surface area contributed by atoms with Gasteiger partial charge in [-0.05, 0) is 53.6 Å². The Bertz CT molecular complexity index is 1170. The van der Waals surface area contributed by atoms with Crippen molar-refractivity contribution in [2.45, 2.75) is 18.7 Å². The van der Waals surface area contributed by atoms with E-state index >= 15 is 0 Å². The van der Waals surface area contributed by atoms with Crippen molar-refractivity contribution in [2.75, 3.05) is 32.8 Å². The number of aromatic nitrogens is 1. The smallest absolute Gasteiger partial charge is 0.255 e. The predicted octanol–water partition coefficient (Wildman–Crippen LogP) is 2.81. The van der Waals surface area contributed by atoms with Crippen LogP contribution >= 0.6 is 0 Å². The molecule has 9 heteroatoms. The Morgan fingerprint density at radius 3 is 2.46 bits per heavy atom. The van der Waals surface area contributed by atoms with Crippen LogP contribution in [0.1, 0.15) is 27.6 Å². The minimum atomic E-state index is -0.545. The van der Waals surface area contributed by atoms with Crippen molar-refractivity contribution >= 4 is 17.5 Å². The molecule has 2 N–H and O–H groups in total. The fourth-order valence-electron chi connectivity index (χ4n) is 4.04. The van der Waals surface area contributed by atoms with Gasteiger partial charge in [-0.2, -0.15) is 0 Å². The Kier molecular flexibility index (Phi) is 7.59. The predicted molar refractivity (Wildman–Crippen MR) is 128 cm³/mol. The monoisotopic (exact) mass is 477 g/mol. The van der Waals surface area contributed by atoms with Gasteiger partial charge in [0.1, 0.15) is 12.7 Å². The van der Waals surface area contributed by atoms with Gasteiger partial charge in [-0.15, -0.1) is 0 Å². The van der Waals surface area contributed by atoms with Crippen molar-refractivity contribution in [1.29, 1.82) is 0 Å². The van der Waals surface area contributed by atoms with E-state index in [1.807, 2.05) is 24.3 Å². The highest BCUT2D eigenvalue weighted by atomic mass is 16.5. The Hall–Kier alpha value is -3.95. The molecule has 0 spiro atoms. The fraction of sp³-hybridized carbons (Fsp3) is 0.269. The Morgan fingerprint density at radius 1 is 1.09 bits per heavy atom. The van der Waals surface area contributed by atoms with E-state index in [0.29, 0.717) is 29.3 Å². The Morgan fingerprint density at radius 2 is 1.80 bits per heavy atom. The number of pyridine rings is 1. The summed E-state index contributed by atoms with van der Waals surface area (Å²) in [6, 6.07) is 15.2. The molecule has 2 unspecified atom stereocenters. The van der Waals surface area contributed by atoms with Crippen LogP contribution in [0.25, 0.3) is 0 Å². The summed E-state index contributed by atoms with van der Waals surface area (Å²) in [7, 11) is 3.04. The van der Waals surface area contributed by atoms with Crippen molar-refractivity contribution in [2.24, 2.45) is 0 Å². The number of methoxy groups -OCH3 is 2. The zero-order chi connectivity index (χ0) is 24.8. The van der Waals surface area contributed by atoms with Crippen LogP contribution in [0.3, 0.4) is 0 Å². The van der Waals surface area contributed by atoms with Crippen LogP contribution in [0.5, 0.6) is 11.5 Å². The Labute approximate surface area is 203 Å². The summed E-state index contributed by atoms with van der Waals surface area (Å²) in [4.78, 5) is 30.9. The van der Waals surface area contributed by atoms with Gasteiger partial charge >= 0.3 is 0 Å². The topological polar surface area (TPSA) is 110 Å². The number of ether oxygens (including phenoxy) is 3. The minimum absolute atomic E-state index is 0.0793. The highest BCUT2D eigenvalue weighted by Crippen LogP contribution is 2.31. The molecule has 0 aliphatic carbocycles. The van der Waals surface area contributed by atoms with Crippen LogP contribution in [0.2, 0.25) is 0 Å². The summed E-state index contributed by atoms with van der Waals surface area (Å²) in [5.74, 6) is 0.521.